The fourth-order valence-electron chi connectivity index (χ4n) is 2.85. The number of hydrogen-bond acceptors (Lipinski definition) is 6. The van der Waals surface area contributed by atoms with Crippen LogP contribution in [-0.2, 0) is 4.79 Å². The van der Waals surface area contributed by atoms with Gasteiger partial charge in [-0.2, -0.15) is 4.52 Å². The van der Waals surface area contributed by atoms with E-state index in [2.05, 4.69) is 25.4 Å². The molecule has 136 valence electrons. The van der Waals surface area contributed by atoms with Crippen LogP contribution in [0.5, 0.6) is 0 Å². The third kappa shape index (κ3) is 2.92. The first-order valence-corrected chi connectivity index (χ1v) is 8.39. The predicted molar refractivity (Wildman–Crippen MR) is 98.4 cm³/mol. The molecular formula is C18H16FN7O. The van der Waals surface area contributed by atoms with E-state index in [9.17, 15) is 9.18 Å². The number of carbonyl (C=O) groups is 1. The van der Waals surface area contributed by atoms with Gasteiger partial charge in [-0.15, -0.1) is 5.10 Å². The molecule has 0 unspecified atom stereocenters. The van der Waals surface area contributed by atoms with E-state index in [0.717, 1.165) is 11.6 Å². The second kappa shape index (κ2) is 6.60. The average molecular weight is 365 g/mol. The smallest absolute Gasteiger partial charge is 0.239 e. The van der Waals surface area contributed by atoms with Gasteiger partial charge in [-0.05, 0) is 24.6 Å². The number of rotatable bonds is 5. The molecule has 0 aliphatic rings. The molecule has 1 atom stereocenters. The molecule has 4 rings (SSSR count). The molecule has 3 N–H and O–H groups in total. The van der Waals surface area contributed by atoms with Crippen LogP contribution in [0.4, 0.5) is 10.3 Å². The van der Waals surface area contributed by atoms with Crippen LogP contribution < -0.4 is 11.1 Å². The van der Waals surface area contributed by atoms with E-state index in [-0.39, 0.29) is 11.4 Å². The van der Waals surface area contributed by atoms with Crippen molar-refractivity contribution >= 4 is 28.4 Å². The van der Waals surface area contributed by atoms with Crippen molar-refractivity contribution in [1.29, 1.82) is 0 Å². The molecule has 0 bridgehead atoms. The lowest BCUT2D eigenvalue weighted by Gasteiger charge is -2.15. The first kappa shape index (κ1) is 16.8. The number of pyridine rings is 1. The summed E-state index contributed by atoms with van der Waals surface area (Å²) in [5.41, 5.74) is 6.83. The standard InChI is InChI=1S/C18H16FN7O/c1-2-13(15(20)27)22-18-23-14-6-4-3-5-11(14)17-24-16(25-26(17)18)10-7-8-21-9-12(10)19/h3-9,13H,2H2,1H3,(H2,20,27)(H,22,23)/t13-/m1/s1. The first-order chi connectivity index (χ1) is 13.1. The van der Waals surface area contributed by atoms with Crippen LogP contribution in [0.1, 0.15) is 13.3 Å². The number of halogens is 1. The van der Waals surface area contributed by atoms with E-state index in [4.69, 9.17) is 5.73 Å². The highest BCUT2D eigenvalue weighted by Gasteiger charge is 2.20. The SMILES string of the molecule is CC[C@@H](Nc1nc2ccccc2c2nc(-c3ccncc3F)nn12)C(N)=O. The number of para-hydroxylation sites is 1. The number of benzene rings is 1. The molecule has 4 aromatic rings. The Labute approximate surface area is 153 Å². The summed E-state index contributed by atoms with van der Waals surface area (Å²) in [7, 11) is 0. The lowest BCUT2D eigenvalue weighted by atomic mass is 10.2. The zero-order valence-corrected chi connectivity index (χ0v) is 14.4. The molecule has 1 aromatic carbocycles. The Bertz CT molecular complexity index is 1160. The molecule has 0 saturated carbocycles. The zero-order valence-electron chi connectivity index (χ0n) is 14.4. The van der Waals surface area contributed by atoms with Gasteiger partial charge in [0.2, 0.25) is 11.9 Å². The molecule has 27 heavy (non-hydrogen) atoms. The maximum atomic E-state index is 14.1. The van der Waals surface area contributed by atoms with Crippen LogP contribution >= 0.6 is 0 Å². The van der Waals surface area contributed by atoms with Gasteiger partial charge in [-0.25, -0.2) is 14.4 Å². The number of carbonyl (C=O) groups excluding carboxylic acids is 1. The highest BCUT2D eigenvalue weighted by Crippen LogP contribution is 2.25. The van der Waals surface area contributed by atoms with E-state index in [1.165, 1.54) is 16.8 Å². The summed E-state index contributed by atoms with van der Waals surface area (Å²) in [5.74, 6) is -0.518. The van der Waals surface area contributed by atoms with Crippen molar-refractivity contribution in [2.45, 2.75) is 19.4 Å². The fraction of sp³-hybridized carbons (Fsp3) is 0.167. The van der Waals surface area contributed by atoms with E-state index in [0.29, 0.717) is 23.5 Å². The highest BCUT2D eigenvalue weighted by atomic mass is 19.1. The number of fused-ring (bicyclic) bond motifs is 3. The van der Waals surface area contributed by atoms with Crippen molar-refractivity contribution in [3.05, 3.63) is 48.5 Å². The number of anilines is 1. The number of primary amides is 1. The van der Waals surface area contributed by atoms with Crippen molar-refractivity contribution in [2.75, 3.05) is 5.32 Å². The van der Waals surface area contributed by atoms with E-state index in [1.807, 2.05) is 31.2 Å². The lowest BCUT2D eigenvalue weighted by molar-refractivity contribution is -0.118. The Hall–Kier alpha value is -3.62. The molecule has 0 spiro atoms. The van der Waals surface area contributed by atoms with Crippen LogP contribution in [0.25, 0.3) is 27.9 Å². The van der Waals surface area contributed by atoms with Crippen molar-refractivity contribution in [1.82, 2.24) is 24.6 Å². The summed E-state index contributed by atoms with van der Waals surface area (Å²) in [4.78, 5) is 24.4. The number of amides is 1. The molecular weight excluding hydrogens is 349 g/mol. The van der Waals surface area contributed by atoms with Crippen molar-refractivity contribution in [3.8, 4) is 11.4 Å². The van der Waals surface area contributed by atoms with Crippen molar-refractivity contribution in [3.63, 3.8) is 0 Å². The van der Waals surface area contributed by atoms with Gasteiger partial charge < -0.3 is 11.1 Å². The predicted octanol–water partition coefficient (Wildman–Crippen LogP) is 2.15. The lowest BCUT2D eigenvalue weighted by Crippen LogP contribution is -2.35. The van der Waals surface area contributed by atoms with Crippen LogP contribution in [0.15, 0.2) is 42.7 Å². The Kier molecular flexibility index (Phi) is 4.11. The minimum Gasteiger partial charge on any atom is -0.368 e. The molecule has 3 heterocycles. The van der Waals surface area contributed by atoms with Crippen LogP contribution in [0.3, 0.4) is 0 Å². The Morgan fingerprint density at radius 2 is 2.11 bits per heavy atom. The Morgan fingerprint density at radius 1 is 1.30 bits per heavy atom. The molecule has 0 fully saturated rings. The minimum absolute atomic E-state index is 0.197. The monoisotopic (exact) mass is 365 g/mol. The summed E-state index contributed by atoms with van der Waals surface area (Å²) in [6.07, 6.45) is 3.06. The molecule has 0 aliphatic carbocycles. The van der Waals surface area contributed by atoms with Crippen LogP contribution in [0, 0.1) is 5.82 Å². The fourth-order valence-corrected chi connectivity index (χ4v) is 2.85. The van der Waals surface area contributed by atoms with Gasteiger partial charge in [0.15, 0.2) is 17.3 Å². The van der Waals surface area contributed by atoms with E-state index in [1.54, 1.807) is 0 Å². The van der Waals surface area contributed by atoms with Gasteiger partial charge in [0, 0.05) is 11.6 Å². The van der Waals surface area contributed by atoms with Gasteiger partial charge >= 0.3 is 0 Å². The molecule has 0 radical (unpaired) electrons. The topological polar surface area (TPSA) is 111 Å². The third-order valence-corrected chi connectivity index (χ3v) is 4.25. The van der Waals surface area contributed by atoms with Crippen molar-refractivity contribution in [2.24, 2.45) is 5.73 Å². The summed E-state index contributed by atoms with van der Waals surface area (Å²) < 4.78 is 15.6. The quantitative estimate of drug-likeness (QED) is 0.561. The summed E-state index contributed by atoms with van der Waals surface area (Å²) in [6, 6.07) is 8.27. The number of hydrogen-bond donors (Lipinski definition) is 2. The van der Waals surface area contributed by atoms with Crippen molar-refractivity contribution < 1.29 is 9.18 Å². The second-order valence-electron chi connectivity index (χ2n) is 5.99. The Morgan fingerprint density at radius 3 is 2.85 bits per heavy atom. The van der Waals surface area contributed by atoms with Gasteiger partial charge in [-0.1, -0.05) is 19.1 Å². The Balaban J connectivity index is 1.96. The minimum atomic E-state index is -0.618. The molecule has 9 heteroatoms. The number of nitrogens with two attached hydrogens (primary N) is 1. The number of nitrogens with zero attached hydrogens (tertiary/aromatic N) is 5. The maximum absolute atomic E-state index is 14.1. The second-order valence-corrected chi connectivity index (χ2v) is 5.99. The van der Waals surface area contributed by atoms with Crippen LogP contribution in [0.2, 0.25) is 0 Å². The maximum Gasteiger partial charge on any atom is 0.239 e. The summed E-state index contributed by atoms with van der Waals surface area (Å²) in [5, 5.41) is 8.17. The van der Waals surface area contributed by atoms with Gasteiger partial charge in [0.05, 0.1) is 17.3 Å². The van der Waals surface area contributed by atoms with E-state index < -0.39 is 17.8 Å². The summed E-state index contributed by atoms with van der Waals surface area (Å²) >= 11 is 0. The average Bonchev–Trinajstić information content (AvgIpc) is 3.11. The normalized spacial score (nSPS) is 12.4. The number of aromatic nitrogens is 5. The van der Waals surface area contributed by atoms with Gasteiger partial charge in [0.1, 0.15) is 6.04 Å². The highest BCUT2D eigenvalue weighted by molar-refractivity contribution is 5.93. The molecule has 3 aromatic heterocycles. The largest absolute Gasteiger partial charge is 0.368 e. The van der Waals surface area contributed by atoms with E-state index >= 15 is 0 Å². The first-order valence-electron chi connectivity index (χ1n) is 8.39. The summed E-state index contributed by atoms with van der Waals surface area (Å²) in [6.45, 7) is 1.83. The zero-order chi connectivity index (χ0) is 19.0. The van der Waals surface area contributed by atoms with Gasteiger partial charge in [-0.3, -0.25) is 9.78 Å². The third-order valence-electron chi connectivity index (χ3n) is 4.25. The molecule has 8 nitrogen and oxygen atoms in total. The van der Waals surface area contributed by atoms with Crippen LogP contribution in [-0.4, -0.2) is 36.5 Å². The molecule has 1 amide bonds. The molecule has 0 aliphatic heterocycles. The number of nitrogens with one attached hydrogen (secondary N) is 1. The van der Waals surface area contributed by atoms with Gasteiger partial charge in [0.25, 0.3) is 0 Å². The molecule has 0 saturated heterocycles.